The SMILES string of the molecule is CNc1nc2ccc(-c3ccccc3)cc2cc1C. The van der Waals surface area contributed by atoms with Gasteiger partial charge in [0.25, 0.3) is 0 Å². The van der Waals surface area contributed by atoms with Crippen molar-refractivity contribution in [1.29, 1.82) is 0 Å². The van der Waals surface area contributed by atoms with Crippen LogP contribution in [-0.2, 0) is 0 Å². The molecule has 0 atom stereocenters. The van der Waals surface area contributed by atoms with Gasteiger partial charge in [-0.25, -0.2) is 4.98 Å². The number of anilines is 1. The van der Waals surface area contributed by atoms with Crippen molar-refractivity contribution in [3.63, 3.8) is 0 Å². The second-order valence-electron chi connectivity index (χ2n) is 4.68. The van der Waals surface area contributed by atoms with Crippen molar-refractivity contribution >= 4 is 16.7 Å². The van der Waals surface area contributed by atoms with Gasteiger partial charge in [0.2, 0.25) is 0 Å². The molecule has 3 aromatic rings. The molecule has 1 N–H and O–H groups in total. The Bertz CT molecular complexity index is 718. The molecular formula is C17H16N2. The van der Waals surface area contributed by atoms with Crippen LogP contribution < -0.4 is 5.32 Å². The second-order valence-corrected chi connectivity index (χ2v) is 4.68. The normalized spacial score (nSPS) is 10.6. The highest BCUT2D eigenvalue weighted by Gasteiger charge is 2.04. The summed E-state index contributed by atoms with van der Waals surface area (Å²) in [5.74, 6) is 0.944. The zero-order chi connectivity index (χ0) is 13.2. The summed E-state index contributed by atoms with van der Waals surface area (Å²) >= 11 is 0. The Morgan fingerprint density at radius 1 is 0.895 bits per heavy atom. The van der Waals surface area contributed by atoms with E-state index in [1.165, 1.54) is 22.1 Å². The first kappa shape index (κ1) is 11.7. The van der Waals surface area contributed by atoms with Gasteiger partial charge in [-0.2, -0.15) is 0 Å². The third-order valence-corrected chi connectivity index (χ3v) is 3.35. The number of nitrogens with one attached hydrogen (secondary N) is 1. The Morgan fingerprint density at radius 3 is 2.42 bits per heavy atom. The molecule has 0 fully saturated rings. The van der Waals surface area contributed by atoms with Crippen LogP contribution in [0, 0.1) is 6.92 Å². The summed E-state index contributed by atoms with van der Waals surface area (Å²) < 4.78 is 0. The van der Waals surface area contributed by atoms with E-state index in [1.54, 1.807) is 0 Å². The zero-order valence-corrected chi connectivity index (χ0v) is 11.1. The third-order valence-electron chi connectivity index (χ3n) is 3.35. The molecule has 0 radical (unpaired) electrons. The van der Waals surface area contributed by atoms with Crippen molar-refractivity contribution < 1.29 is 0 Å². The van der Waals surface area contributed by atoms with Gasteiger partial charge in [0.1, 0.15) is 5.82 Å². The Kier molecular flexibility index (Phi) is 2.92. The summed E-state index contributed by atoms with van der Waals surface area (Å²) in [5, 5.41) is 4.30. The van der Waals surface area contributed by atoms with Crippen LogP contribution in [0.3, 0.4) is 0 Å². The number of hydrogen-bond donors (Lipinski definition) is 1. The summed E-state index contributed by atoms with van der Waals surface area (Å²) in [5.41, 5.74) is 4.65. The lowest BCUT2D eigenvalue weighted by Crippen LogP contribution is -1.95. The molecule has 0 amide bonds. The second kappa shape index (κ2) is 4.73. The van der Waals surface area contributed by atoms with Crippen molar-refractivity contribution in [1.82, 2.24) is 4.98 Å². The fourth-order valence-electron chi connectivity index (χ4n) is 2.35. The first-order valence-electron chi connectivity index (χ1n) is 6.42. The minimum atomic E-state index is 0.944. The lowest BCUT2D eigenvalue weighted by molar-refractivity contribution is 1.29. The molecule has 2 nitrogen and oxygen atoms in total. The van der Waals surface area contributed by atoms with E-state index >= 15 is 0 Å². The molecule has 2 heteroatoms. The minimum absolute atomic E-state index is 0.944. The Morgan fingerprint density at radius 2 is 1.68 bits per heavy atom. The van der Waals surface area contributed by atoms with Gasteiger partial charge in [-0.1, -0.05) is 36.4 Å². The molecule has 1 heterocycles. The van der Waals surface area contributed by atoms with Crippen molar-refractivity contribution in [3.05, 3.63) is 60.2 Å². The number of hydrogen-bond acceptors (Lipinski definition) is 2. The first-order valence-corrected chi connectivity index (χ1v) is 6.42. The highest BCUT2D eigenvalue weighted by Crippen LogP contribution is 2.25. The summed E-state index contributed by atoms with van der Waals surface area (Å²) in [4.78, 5) is 4.62. The summed E-state index contributed by atoms with van der Waals surface area (Å²) in [6, 6.07) is 19.0. The third kappa shape index (κ3) is 2.17. The van der Waals surface area contributed by atoms with Crippen LogP contribution in [0.2, 0.25) is 0 Å². The molecule has 0 aliphatic heterocycles. The minimum Gasteiger partial charge on any atom is -0.373 e. The van der Waals surface area contributed by atoms with Crippen LogP contribution in [0.15, 0.2) is 54.6 Å². The predicted octanol–water partition coefficient (Wildman–Crippen LogP) is 4.25. The van der Waals surface area contributed by atoms with Gasteiger partial charge in [0.15, 0.2) is 0 Å². The Balaban J connectivity index is 2.16. The molecule has 1 aromatic heterocycles. The topological polar surface area (TPSA) is 24.9 Å². The predicted molar refractivity (Wildman–Crippen MR) is 81.5 cm³/mol. The molecule has 0 aliphatic carbocycles. The number of fused-ring (bicyclic) bond motifs is 1. The van der Waals surface area contributed by atoms with Gasteiger partial charge in [-0.15, -0.1) is 0 Å². The van der Waals surface area contributed by atoms with Crippen molar-refractivity contribution in [2.75, 3.05) is 12.4 Å². The molecule has 0 saturated heterocycles. The number of aryl methyl sites for hydroxylation is 1. The van der Waals surface area contributed by atoms with E-state index in [0.717, 1.165) is 11.3 Å². The molecule has 19 heavy (non-hydrogen) atoms. The van der Waals surface area contributed by atoms with Gasteiger partial charge >= 0.3 is 0 Å². The van der Waals surface area contributed by atoms with Crippen LogP contribution in [-0.4, -0.2) is 12.0 Å². The summed E-state index contributed by atoms with van der Waals surface area (Å²) in [6.45, 7) is 2.08. The van der Waals surface area contributed by atoms with Crippen molar-refractivity contribution in [2.45, 2.75) is 6.92 Å². The van der Waals surface area contributed by atoms with E-state index in [9.17, 15) is 0 Å². The highest BCUT2D eigenvalue weighted by molar-refractivity contribution is 5.86. The zero-order valence-electron chi connectivity index (χ0n) is 11.1. The van der Waals surface area contributed by atoms with E-state index in [4.69, 9.17) is 0 Å². The van der Waals surface area contributed by atoms with E-state index < -0.39 is 0 Å². The van der Waals surface area contributed by atoms with Gasteiger partial charge in [0, 0.05) is 12.4 Å². The maximum atomic E-state index is 4.62. The number of rotatable bonds is 2. The number of aromatic nitrogens is 1. The van der Waals surface area contributed by atoms with Gasteiger partial charge in [-0.05, 0) is 41.8 Å². The Hall–Kier alpha value is -2.35. The highest BCUT2D eigenvalue weighted by atomic mass is 15.0. The van der Waals surface area contributed by atoms with E-state index in [2.05, 4.69) is 65.8 Å². The number of nitrogens with zero attached hydrogens (tertiary/aromatic N) is 1. The molecule has 3 rings (SSSR count). The lowest BCUT2D eigenvalue weighted by Gasteiger charge is -2.08. The van der Waals surface area contributed by atoms with E-state index in [1.807, 2.05) is 13.1 Å². The fraction of sp³-hybridized carbons (Fsp3) is 0.118. The van der Waals surface area contributed by atoms with Crippen LogP contribution in [0.5, 0.6) is 0 Å². The standard InChI is InChI=1S/C17H16N2/c1-12-10-15-11-14(13-6-4-3-5-7-13)8-9-16(15)19-17(12)18-2/h3-11H,1-2H3,(H,18,19). The van der Waals surface area contributed by atoms with Gasteiger partial charge in [0.05, 0.1) is 5.52 Å². The monoisotopic (exact) mass is 248 g/mol. The molecule has 0 aliphatic rings. The van der Waals surface area contributed by atoms with Crippen LogP contribution in [0.25, 0.3) is 22.0 Å². The first-order chi connectivity index (χ1) is 9.28. The van der Waals surface area contributed by atoms with Gasteiger partial charge < -0.3 is 5.32 Å². The van der Waals surface area contributed by atoms with Crippen molar-refractivity contribution in [3.8, 4) is 11.1 Å². The molecule has 0 unspecified atom stereocenters. The van der Waals surface area contributed by atoms with E-state index in [-0.39, 0.29) is 0 Å². The molecule has 0 spiro atoms. The largest absolute Gasteiger partial charge is 0.373 e. The fourth-order valence-corrected chi connectivity index (χ4v) is 2.35. The maximum Gasteiger partial charge on any atom is 0.129 e. The van der Waals surface area contributed by atoms with Crippen LogP contribution in [0.4, 0.5) is 5.82 Å². The number of benzene rings is 2. The van der Waals surface area contributed by atoms with Crippen LogP contribution >= 0.6 is 0 Å². The molecule has 0 bridgehead atoms. The summed E-state index contributed by atoms with van der Waals surface area (Å²) in [7, 11) is 1.90. The molecular weight excluding hydrogens is 232 g/mol. The lowest BCUT2D eigenvalue weighted by atomic mass is 10.0. The van der Waals surface area contributed by atoms with Gasteiger partial charge in [-0.3, -0.25) is 0 Å². The average Bonchev–Trinajstić information content (AvgIpc) is 2.47. The maximum absolute atomic E-state index is 4.62. The average molecular weight is 248 g/mol. The summed E-state index contributed by atoms with van der Waals surface area (Å²) in [6.07, 6.45) is 0. The number of pyridine rings is 1. The van der Waals surface area contributed by atoms with Crippen molar-refractivity contribution in [2.24, 2.45) is 0 Å². The molecule has 94 valence electrons. The van der Waals surface area contributed by atoms with E-state index in [0.29, 0.717) is 0 Å². The smallest absolute Gasteiger partial charge is 0.129 e. The van der Waals surface area contributed by atoms with Crippen LogP contribution in [0.1, 0.15) is 5.56 Å². The quantitative estimate of drug-likeness (QED) is 0.733. The Labute approximate surface area is 113 Å². The molecule has 0 saturated carbocycles. The molecule has 2 aromatic carbocycles.